The molecule has 1 aromatic rings. The second kappa shape index (κ2) is 6.01. The van der Waals surface area contributed by atoms with Crippen LogP contribution in [0.4, 0.5) is 0 Å². The zero-order chi connectivity index (χ0) is 12.1. The Bertz CT molecular complexity index is 309. The number of nitrogens with two attached hydrogens (primary N) is 1. The first-order valence-electron chi connectivity index (χ1n) is 5.94. The number of rotatable bonds is 6. The molecule has 4 nitrogen and oxygen atoms in total. The van der Waals surface area contributed by atoms with Crippen LogP contribution in [0.1, 0.15) is 45.3 Å². The lowest BCUT2D eigenvalue weighted by atomic mass is 10.1. The highest BCUT2D eigenvalue weighted by molar-refractivity contribution is 5.10. The van der Waals surface area contributed by atoms with E-state index in [4.69, 9.17) is 10.5 Å². The van der Waals surface area contributed by atoms with E-state index in [0.717, 1.165) is 18.4 Å². The van der Waals surface area contributed by atoms with Crippen molar-refractivity contribution in [2.45, 2.75) is 51.9 Å². The molecule has 1 aromatic heterocycles. The van der Waals surface area contributed by atoms with Gasteiger partial charge in [0, 0.05) is 24.8 Å². The molecule has 0 aliphatic rings. The number of ether oxygens (including phenoxy) is 1. The van der Waals surface area contributed by atoms with E-state index in [1.807, 2.05) is 26.4 Å². The van der Waals surface area contributed by atoms with E-state index in [1.54, 1.807) is 4.68 Å². The van der Waals surface area contributed by atoms with E-state index in [0.29, 0.717) is 0 Å². The zero-order valence-corrected chi connectivity index (χ0v) is 10.7. The molecule has 0 fully saturated rings. The van der Waals surface area contributed by atoms with Gasteiger partial charge in [-0.15, -0.1) is 0 Å². The Labute approximate surface area is 97.8 Å². The fourth-order valence-corrected chi connectivity index (χ4v) is 1.82. The molecule has 0 saturated carbocycles. The molecule has 0 bridgehead atoms. The van der Waals surface area contributed by atoms with Crippen LogP contribution in [0.3, 0.4) is 0 Å². The van der Waals surface area contributed by atoms with E-state index in [1.165, 1.54) is 0 Å². The van der Waals surface area contributed by atoms with Gasteiger partial charge in [0.1, 0.15) is 6.10 Å². The normalized spacial score (nSPS) is 17.1. The van der Waals surface area contributed by atoms with E-state index >= 15 is 0 Å². The molecular formula is C12H23N3O. The largest absolute Gasteiger partial charge is 0.369 e. The Kier molecular flexibility index (Phi) is 4.96. The maximum atomic E-state index is 5.97. The standard InChI is InChI=1S/C12H23N3O/c1-5-6-9(2)16-12(10(3)13)11-7-14-15(4)8-11/h7-10,12H,5-6,13H2,1-4H3. The average Bonchev–Trinajstić information content (AvgIpc) is 2.61. The highest BCUT2D eigenvalue weighted by Gasteiger charge is 2.20. The van der Waals surface area contributed by atoms with Crippen molar-refractivity contribution in [3.05, 3.63) is 18.0 Å². The smallest absolute Gasteiger partial charge is 0.101 e. The van der Waals surface area contributed by atoms with Gasteiger partial charge in [0.05, 0.1) is 12.3 Å². The van der Waals surface area contributed by atoms with Crippen molar-refractivity contribution in [2.24, 2.45) is 12.8 Å². The molecular weight excluding hydrogens is 202 g/mol. The first-order valence-corrected chi connectivity index (χ1v) is 5.94. The van der Waals surface area contributed by atoms with Crippen molar-refractivity contribution in [2.75, 3.05) is 0 Å². The monoisotopic (exact) mass is 225 g/mol. The Balaban J connectivity index is 2.68. The van der Waals surface area contributed by atoms with Crippen molar-refractivity contribution in [3.8, 4) is 0 Å². The second-order valence-electron chi connectivity index (χ2n) is 4.46. The number of aromatic nitrogens is 2. The van der Waals surface area contributed by atoms with Crippen LogP contribution in [0.25, 0.3) is 0 Å². The minimum absolute atomic E-state index is 0.0245. The van der Waals surface area contributed by atoms with E-state index in [9.17, 15) is 0 Å². The fourth-order valence-electron chi connectivity index (χ4n) is 1.82. The molecule has 1 heterocycles. The fraction of sp³-hybridized carbons (Fsp3) is 0.750. The van der Waals surface area contributed by atoms with Gasteiger partial charge in [-0.1, -0.05) is 13.3 Å². The summed E-state index contributed by atoms with van der Waals surface area (Å²) in [4.78, 5) is 0. The second-order valence-corrected chi connectivity index (χ2v) is 4.46. The van der Waals surface area contributed by atoms with Crippen molar-refractivity contribution >= 4 is 0 Å². The Morgan fingerprint density at radius 1 is 1.50 bits per heavy atom. The van der Waals surface area contributed by atoms with Crippen LogP contribution in [-0.4, -0.2) is 21.9 Å². The minimum atomic E-state index is -0.0600. The third-order valence-corrected chi connectivity index (χ3v) is 2.61. The quantitative estimate of drug-likeness (QED) is 0.805. The topological polar surface area (TPSA) is 53.1 Å². The summed E-state index contributed by atoms with van der Waals surface area (Å²) in [6.45, 7) is 6.22. The number of nitrogens with zero attached hydrogens (tertiary/aromatic N) is 2. The van der Waals surface area contributed by atoms with Crippen LogP contribution in [0.15, 0.2) is 12.4 Å². The Hall–Kier alpha value is -0.870. The molecule has 16 heavy (non-hydrogen) atoms. The summed E-state index contributed by atoms with van der Waals surface area (Å²) < 4.78 is 7.75. The summed E-state index contributed by atoms with van der Waals surface area (Å²) >= 11 is 0. The molecule has 1 rings (SSSR count). The Morgan fingerprint density at radius 2 is 2.19 bits per heavy atom. The summed E-state index contributed by atoms with van der Waals surface area (Å²) in [5.41, 5.74) is 7.02. The van der Waals surface area contributed by atoms with E-state index in [-0.39, 0.29) is 18.2 Å². The van der Waals surface area contributed by atoms with Gasteiger partial charge < -0.3 is 10.5 Å². The van der Waals surface area contributed by atoms with Gasteiger partial charge in [-0.2, -0.15) is 5.10 Å². The molecule has 92 valence electrons. The summed E-state index contributed by atoms with van der Waals surface area (Å²) in [6.07, 6.45) is 6.15. The summed E-state index contributed by atoms with van der Waals surface area (Å²) in [5.74, 6) is 0. The molecule has 3 unspecified atom stereocenters. The van der Waals surface area contributed by atoms with E-state index < -0.39 is 0 Å². The lowest BCUT2D eigenvalue weighted by molar-refractivity contribution is -0.0187. The van der Waals surface area contributed by atoms with Gasteiger partial charge in [-0.05, 0) is 20.3 Å². The molecule has 0 aliphatic carbocycles. The zero-order valence-electron chi connectivity index (χ0n) is 10.7. The average molecular weight is 225 g/mol. The van der Waals surface area contributed by atoms with Crippen molar-refractivity contribution in [1.29, 1.82) is 0 Å². The number of hydrogen-bond acceptors (Lipinski definition) is 3. The molecule has 0 saturated heterocycles. The predicted octanol–water partition coefficient (Wildman–Crippen LogP) is 2.01. The van der Waals surface area contributed by atoms with Gasteiger partial charge >= 0.3 is 0 Å². The van der Waals surface area contributed by atoms with Crippen LogP contribution in [0.2, 0.25) is 0 Å². The predicted molar refractivity (Wildman–Crippen MR) is 65.1 cm³/mol. The third-order valence-electron chi connectivity index (χ3n) is 2.61. The highest BCUT2D eigenvalue weighted by atomic mass is 16.5. The maximum absolute atomic E-state index is 5.97. The van der Waals surface area contributed by atoms with Gasteiger partial charge in [0.25, 0.3) is 0 Å². The molecule has 0 spiro atoms. The minimum Gasteiger partial charge on any atom is -0.369 e. The molecule has 0 aliphatic heterocycles. The summed E-state index contributed by atoms with van der Waals surface area (Å²) in [7, 11) is 1.90. The first kappa shape index (κ1) is 13.2. The number of hydrogen-bond donors (Lipinski definition) is 1. The van der Waals surface area contributed by atoms with Crippen LogP contribution >= 0.6 is 0 Å². The van der Waals surface area contributed by atoms with Gasteiger partial charge in [-0.25, -0.2) is 0 Å². The lowest BCUT2D eigenvalue weighted by Crippen LogP contribution is -2.29. The number of aryl methyl sites for hydroxylation is 1. The Morgan fingerprint density at radius 3 is 2.62 bits per heavy atom. The van der Waals surface area contributed by atoms with Gasteiger partial charge in [0.2, 0.25) is 0 Å². The van der Waals surface area contributed by atoms with Crippen molar-refractivity contribution < 1.29 is 4.74 Å². The summed E-state index contributed by atoms with van der Waals surface area (Å²) in [5, 5.41) is 4.15. The lowest BCUT2D eigenvalue weighted by Gasteiger charge is -2.24. The molecule has 0 amide bonds. The van der Waals surface area contributed by atoms with Gasteiger partial charge in [-0.3, -0.25) is 4.68 Å². The maximum Gasteiger partial charge on any atom is 0.101 e. The van der Waals surface area contributed by atoms with E-state index in [2.05, 4.69) is 18.9 Å². The van der Waals surface area contributed by atoms with Crippen molar-refractivity contribution in [3.63, 3.8) is 0 Å². The highest BCUT2D eigenvalue weighted by Crippen LogP contribution is 2.22. The SMILES string of the molecule is CCCC(C)OC(c1cnn(C)c1)C(C)N. The summed E-state index contributed by atoms with van der Waals surface area (Å²) in [6, 6.07) is -0.0245. The van der Waals surface area contributed by atoms with Crippen LogP contribution in [0.5, 0.6) is 0 Å². The molecule has 3 atom stereocenters. The van der Waals surface area contributed by atoms with Crippen LogP contribution in [-0.2, 0) is 11.8 Å². The molecule has 2 N–H and O–H groups in total. The third kappa shape index (κ3) is 3.61. The van der Waals surface area contributed by atoms with Crippen molar-refractivity contribution in [1.82, 2.24) is 9.78 Å². The molecule has 4 heteroatoms. The molecule has 0 aromatic carbocycles. The first-order chi connectivity index (χ1) is 7.54. The van der Waals surface area contributed by atoms with Gasteiger partial charge in [0.15, 0.2) is 0 Å². The van der Waals surface area contributed by atoms with Crippen LogP contribution in [0, 0.1) is 0 Å². The molecule has 0 radical (unpaired) electrons. The van der Waals surface area contributed by atoms with Crippen LogP contribution < -0.4 is 5.73 Å².